The van der Waals surface area contributed by atoms with Gasteiger partial charge in [0.15, 0.2) is 0 Å². The Balaban J connectivity index is 1.59. The molecule has 0 atom stereocenters. The van der Waals surface area contributed by atoms with Crippen LogP contribution in [0.3, 0.4) is 0 Å². The molecule has 2 aliphatic rings. The van der Waals surface area contributed by atoms with Crippen molar-refractivity contribution in [2.24, 2.45) is 0 Å². The summed E-state index contributed by atoms with van der Waals surface area (Å²) in [5.41, 5.74) is 2.34. The van der Waals surface area contributed by atoms with E-state index in [1.807, 2.05) is 53.4 Å². The summed E-state index contributed by atoms with van der Waals surface area (Å²) < 4.78 is 0. The molecule has 2 aromatic rings. The SMILES string of the molecule is O=C1Nc2cc(C(=O)N3CCCC3)ccc2S/C1=C\c1ccccc1. The molecule has 1 fully saturated rings. The average Bonchev–Trinajstić information content (AvgIpc) is 3.17. The number of benzene rings is 2. The van der Waals surface area contributed by atoms with Crippen molar-refractivity contribution in [3.8, 4) is 0 Å². The summed E-state index contributed by atoms with van der Waals surface area (Å²) >= 11 is 1.44. The van der Waals surface area contributed by atoms with Crippen LogP contribution in [0.25, 0.3) is 6.08 Å². The Morgan fingerprint density at radius 3 is 2.60 bits per heavy atom. The molecule has 0 bridgehead atoms. The van der Waals surface area contributed by atoms with Crippen LogP contribution in [0, 0.1) is 0 Å². The zero-order valence-corrected chi connectivity index (χ0v) is 14.5. The zero-order valence-electron chi connectivity index (χ0n) is 13.7. The van der Waals surface area contributed by atoms with Gasteiger partial charge < -0.3 is 10.2 Å². The summed E-state index contributed by atoms with van der Waals surface area (Å²) in [4.78, 5) is 28.4. The van der Waals surface area contributed by atoms with Crippen LogP contribution < -0.4 is 5.32 Å². The molecule has 0 spiro atoms. The summed E-state index contributed by atoms with van der Waals surface area (Å²) in [6, 6.07) is 15.3. The lowest BCUT2D eigenvalue weighted by atomic mass is 10.1. The number of carbonyl (C=O) groups excluding carboxylic acids is 2. The lowest BCUT2D eigenvalue weighted by molar-refractivity contribution is -0.112. The standard InChI is InChI=1S/C20H18N2O2S/c23-19-18(12-14-6-2-1-3-7-14)25-17-9-8-15(13-16(17)21-19)20(24)22-10-4-5-11-22/h1-3,6-9,12-13H,4-5,10-11H2,(H,21,23)/b18-12-. The first-order chi connectivity index (χ1) is 12.2. The van der Waals surface area contributed by atoms with Crippen molar-refractivity contribution in [2.45, 2.75) is 17.7 Å². The van der Waals surface area contributed by atoms with Crippen molar-refractivity contribution in [3.05, 3.63) is 64.6 Å². The minimum absolute atomic E-state index is 0.0465. The third-order valence-electron chi connectivity index (χ3n) is 4.41. The maximum absolute atomic E-state index is 12.5. The number of rotatable bonds is 2. The Kier molecular flexibility index (Phi) is 4.32. The summed E-state index contributed by atoms with van der Waals surface area (Å²) in [5, 5.41) is 2.92. The second-order valence-electron chi connectivity index (χ2n) is 6.19. The predicted octanol–water partition coefficient (Wildman–Crippen LogP) is 4.01. The Labute approximate surface area is 150 Å². The van der Waals surface area contributed by atoms with Gasteiger partial charge in [-0.05, 0) is 42.7 Å². The highest BCUT2D eigenvalue weighted by Crippen LogP contribution is 2.39. The largest absolute Gasteiger partial charge is 0.339 e. The molecule has 0 unspecified atom stereocenters. The average molecular weight is 350 g/mol. The molecule has 0 saturated carbocycles. The number of likely N-dealkylation sites (tertiary alicyclic amines) is 1. The number of hydrogen-bond donors (Lipinski definition) is 1. The predicted molar refractivity (Wildman–Crippen MR) is 100 cm³/mol. The highest BCUT2D eigenvalue weighted by Gasteiger charge is 2.24. The van der Waals surface area contributed by atoms with Gasteiger partial charge in [-0.15, -0.1) is 0 Å². The third kappa shape index (κ3) is 3.33. The number of nitrogens with one attached hydrogen (secondary N) is 1. The van der Waals surface area contributed by atoms with E-state index in [1.54, 1.807) is 6.07 Å². The Morgan fingerprint density at radius 1 is 1.08 bits per heavy atom. The maximum Gasteiger partial charge on any atom is 0.262 e. The molecule has 0 aromatic heterocycles. The van der Waals surface area contributed by atoms with Gasteiger partial charge in [-0.3, -0.25) is 9.59 Å². The third-order valence-corrected chi connectivity index (χ3v) is 5.51. The molecule has 2 amide bonds. The fourth-order valence-electron chi connectivity index (χ4n) is 3.10. The molecule has 0 radical (unpaired) electrons. The molecule has 5 heteroatoms. The van der Waals surface area contributed by atoms with Crippen molar-refractivity contribution in [1.82, 2.24) is 4.90 Å². The molecule has 2 aromatic carbocycles. The Bertz CT molecular complexity index is 855. The fourth-order valence-corrected chi connectivity index (χ4v) is 4.03. The molecule has 2 heterocycles. The van der Waals surface area contributed by atoms with Crippen LogP contribution in [0.4, 0.5) is 5.69 Å². The number of hydrogen-bond acceptors (Lipinski definition) is 3. The lowest BCUT2D eigenvalue weighted by Gasteiger charge is -2.21. The van der Waals surface area contributed by atoms with Crippen molar-refractivity contribution < 1.29 is 9.59 Å². The van der Waals surface area contributed by atoms with Gasteiger partial charge in [0, 0.05) is 23.5 Å². The van der Waals surface area contributed by atoms with Gasteiger partial charge in [-0.1, -0.05) is 42.1 Å². The van der Waals surface area contributed by atoms with E-state index in [0.29, 0.717) is 16.2 Å². The smallest absolute Gasteiger partial charge is 0.262 e. The zero-order chi connectivity index (χ0) is 17.2. The van der Waals surface area contributed by atoms with E-state index >= 15 is 0 Å². The molecule has 2 aliphatic heterocycles. The molecule has 126 valence electrons. The van der Waals surface area contributed by atoms with Gasteiger partial charge in [-0.2, -0.15) is 0 Å². The molecular weight excluding hydrogens is 332 g/mol. The maximum atomic E-state index is 12.5. The van der Waals surface area contributed by atoms with E-state index in [-0.39, 0.29) is 11.8 Å². The van der Waals surface area contributed by atoms with Crippen LogP contribution in [0.1, 0.15) is 28.8 Å². The van der Waals surface area contributed by atoms with Crippen molar-refractivity contribution in [3.63, 3.8) is 0 Å². The normalized spacial score (nSPS) is 18.2. The van der Waals surface area contributed by atoms with Crippen LogP contribution >= 0.6 is 11.8 Å². The summed E-state index contributed by atoms with van der Waals surface area (Å²) in [7, 11) is 0. The van der Waals surface area contributed by atoms with Gasteiger partial charge in [0.05, 0.1) is 10.6 Å². The second kappa shape index (κ2) is 6.76. The fraction of sp³-hybridized carbons (Fsp3) is 0.200. The molecular formula is C20H18N2O2S. The van der Waals surface area contributed by atoms with Gasteiger partial charge in [-0.25, -0.2) is 0 Å². The number of anilines is 1. The highest BCUT2D eigenvalue weighted by molar-refractivity contribution is 8.04. The van der Waals surface area contributed by atoms with Crippen molar-refractivity contribution in [1.29, 1.82) is 0 Å². The van der Waals surface area contributed by atoms with Crippen molar-refractivity contribution >= 4 is 35.3 Å². The minimum Gasteiger partial charge on any atom is -0.339 e. The Hall–Kier alpha value is -2.53. The topological polar surface area (TPSA) is 49.4 Å². The first-order valence-corrected chi connectivity index (χ1v) is 9.22. The van der Waals surface area contributed by atoms with Crippen LogP contribution in [0.5, 0.6) is 0 Å². The van der Waals surface area contributed by atoms with Crippen LogP contribution in [-0.4, -0.2) is 29.8 Å². The van der Waals surface area contributed by atoms with Gasteiger partial charge in [0.2, 0.25) is 0 Å². The van der Waals surface area contributed by atoms with E-state index < -0.39 is 0 Å². The van der Waals surface area contributed by atoms with Gasteiger partial charge in [0.1, 0.15) is 0 Å². The monoisotopic (exact) mass is 350 g/mol. The molecule has 4 rings (SSSR count). The number of thioether (sulfide) groups is 1. The quantitative estimate of drug-likeness (QED) is 0.833. The lowest BCUT2D eigenvalue weighted by Crippen LogP contribution is -2.28. The number of carbonyl (C=O) groups is 2. The van der Waals surface area contributed by atoms with E-state index in [4.69, 9.17) is 0 Å². The molecule has 1 N–H and O–H groups in total. The van der Waals surface area contributed by atoms with E-state index in [1.165, 1.54) is 11.8 Å². The molecule has 0 aliphatic carbocycles. The van der Waals surface area contributed by atoms with Gasteiger partial charge in [0.25, 0.3) is 11.8 Å². The Morgan fingerprint density at radius 2 is 1.84 bits per heavy atom. The van der Waals surface area contributed by atoms with Crippen LogP contribution in [0.15, 0.2) is 58.3 Å². The first-order valence-electron chi connectivity index (χ1n) is 8.40. The van der Waals surface area contributed by atoms with Crippen LogP contribution in [0.2, 0.25) is 0 Å². The van der Waals surface area contributed by atoms with Gasteiger partial charge >= 0.3 is 0 Å². The van der Waals surface area contributed by atoms with E-state index in [9.17, 15) is 9.59 Å². The number of fused-ring (bicyclic) bond motifs is 1. The highest BCUT2D eigenvalue weighted by atomic mass is 32.2. The summed E-state index contributed by atoms with van der Waals surface area (Å²) in [6.45, 7) is 1.64. The minimum atomic E-state index is -0.132. The summed E-state index contributed by atoms with van der Waals surface area (Å²) in [5.74, 6) is -0.0858. The molecule has 4 nitrogen and oxygen atoms in total. The van der Waals surface area contributed by atoms with Crippen molar-refractivity contribution in [2.75, 3.05) is 18.4 Å². The molecule has 1 saturated heterocycles. The molecule has 25 heavy (non-hydrogen) atoms. The number of amides is 2. The number of nitrogens with zero attached hydrogens (tertiary/aromatic N) is 1. The van der Waals surface area contributed by atoms with E-state index in [0.717, 1.165) is 36.4 Å². The second-order valence-corrected chi connectivity index (χ2v) is 7.27. The van der Waals surface area contributed by atoms with Crippen LogP contribution in [-0.2, 0) is 4.79 Å². The summed E-state index contributed by atoms with van der Waals surface area (Å²) in [6.07, 6.45) is 4.01. The first kappa shape index (κ1) is 16.0. The van der Waals surface area contributed by atoms with E-state index in [2.05, 4.69) is 5.32 Å².